The van der Waals surface area contributed by atoms with Gasteiger partial charge < -0.3 is 10.9 Å². The molecular weight excluding hydrogens is 146 g/mol. The molecule has 0 radical (unpaired) electrons. The van der Waals surface area contributed by atoms with Crippen LogP contribution in [-0.4, -0.2) is 26.0 Å². The van der Waals surface area contributed by atoms with E-state index in [1.54, 1.807) is 13.2 Å². The summed E-state index contributed by atoms with van der Waals surface area (Å²) in [6.07, 6.45) is 1.89. The molecule has 0 aromatic carbocycles. The first-order valence-corrected chi connectivity index (χ1v) is 3.04. The fourth-order valence-corrected chi connectivity index (χ4v) is 0.690. The molecule has 3 N–H and O–H groups in total. The summed E-state index contributed by atoms with van der Waals surface area (Å²) in [7, 11) is 1.70. The minimum absolute atomic E-state index is 0.130. The first-order valence-electron chi connectivity index (χ1n) is 3.04. The van der Waals surface area contributed by atoms with Gasteiger partial charge in [-0.3, -0.25) is 0 Å². The minimum atomic E-state index is 0.130. The maximum absolute atomic E-state index is 8.21. The molecule has 1 rings (SSSR count). The zero-order chi connectivity index (χ0) is 8.27. The lowest BCUT2D eigenvalue weighted by Gasteiger charge is -1.90. The molecule has 60 valence electrons. The molecule has 0 spiro atoms. The van der Waals surface area contributed by atoms with Crippen LogP contribution in [0, 0.1) is 0 Å². The lowest BCUT2D eigenvalue weighted by molar-refractivity contribution is 0.317. The molecule has 0 unspecified atom stereocenters. The molecule has 11 heavy (non-hydrogen) atoms. The highest BCUT2D eigenvalue weighted by molar-refractivity contribution is 5.81. The average molecular weight is 155 g/mol. The third-order valence-corrected chi connectivity index (χ3v) is 1.14. The van der Waals surface area contributed by atoms with Crippen LogP contribution in [0.4, 0.5) is 0 Å². The maximum atomic E-state index is 8.21. The molecule has 0 saturated heterocycles. The van der Waals surface area contributed by atoms with Crippen LogP contribution in [-0.2, 0) is 13.5 Å². The van der Waals surface area contributed by atoms with Gasteiger partial charge in [0.25, 0.3) is 0 Å². The first kappa shape index (κ1) is 7.52. The number of amidine groups is 1. The van der Waals surface area contributed by atoms with Crippen LogP contribution in [0.1, 0.15) is 5.69 Å². The van der Waals surface area contributed by atoms with Crippen molar-refractivity contribution in [3.8, 4) is 0 Å². The van der Waals surface area contributed by atoms with Crippen LogP contribution in [0.25, 0.3) is 0 Å². The van der Waals surface area contributed by atoms with Gasteiger partial charge in [-0.15, -0.1) is 0 Å². The number of rotatable bonds is 2. The zero-order valence-electron chi connectivity index (χ0n) is 6.10. The van der Waals surface area contributed by atoms with Crippen molar-refractivity contribution in [2.45, 2.75) is 6.42 Å². The minimum Gasteiger partial charge on any atom is -0.409 e. The highest BCUT2D eigenvalue weighted by Crippen LogP contribution is 1.91. The molecule has 0 amide bonds. The van der Waals surface area contributed by atoms with Crippen molar-refractivity contribution >= 4 is 5.84 Å². The van der Waals surface area contributed by atoms with E-state index in [-0.39, 0.29) is 5.84 Å². The molecule has 0 aliphatic heterocycles. The summed E-state index contributed by atoms with van der Waals surface area (Å²) in [5.74, 6) is 0.130. The summed E-state index contributed by atoms with van der Waals surface area (Å²) in [5, 5.41) is 18.8. The Hall–Kier alpha value is -1.59. The summed E-state index contributed by atoms with van der Waals surface area (Å²) >= 11 is 0. The van der Waals surface area contributed by atoms with Gasteiger partial charge in [-0.25, -0.2) is 0 Å². The number of nitrogens with two attached hydrogens (primary N) is 1. The van der Waals surface area contributed by atoms with E-state index in [1.807, 2.05) is 0 Å². The molecule has 6 heteroatoms. The normalized spacial score (nSPS) is 11.9. The molecule has 0 saturated carbocycles. The van der Waals surface area contributed by atoms with Gasteiger partial charge in [0.2, 0.25) is 0 Å². The maximum Gasteiger partial charge on any atom is 0.145 e. The molecule has 0 aliphatic carbocycles. The molecule has 0 atom stereocenters. The van der Waals surface area contributed by atoms with E-state index in [1.165, 1.54) is 4.80 Å². The Kier molecular flexibility index (Phi) is 2.05. The van der Waals surface area contributed by atoms with Crippen LogP contribution in [0.2, 0.25) is 0 Å². The first-order chi connectivity index (χ1) is 5.22. The summed E-state index contributed by atoms with van der Waals surface area (Å²) in [6.45, 7) is 0. The van der Waals surface area contributed by atoms with Gasteiger partial charge in [-0.2, -0.15) is 15.0 Å². The number of oxime groups is 1. The van der Waals surface area contributed by atoms with Gasteiger partial charge >= 0.3 is 0 Å². The van der Waals surface area contributed by atoms with Gasteiger partial charge in [0, 0.05) is 7.05 Å². The summed E-state index contributed by atoms with van der Waals surface area (Å²) in [5.41, 5.74) is 5.92. The number of nitrogens with zero attached hydrogens (tertiary/aromatic N) is 4. The standard InChI is InChI=1S/C5H9N5O/c1-10-7-3-4(8-10)2-5(6)9-11/h3,11H,2H2,1H3,(H2,6,9). The zero-order valence-corrected chi connectivity index (χ0v) is 6.10. The predicted octanol–water partition coefficient (Wildman–Crippen LogP) is -0.896. The van der Waals surface area contributed by atoms with Crippen LogP contribution in [0.5, 0.6) is 0 Å². The summed E-state index contributed by atoms with van der Waals surface area (Å²) < 4.78 is 0. The van der Waals surface area contributed by atoms with Crippen molar-refractivity contribution in [1.29, 1.82) is 0 Å². The second-order valence-electron chi connectivity index (χ2n) is 2.09. The second-order valence-corrected chi connectivity index (χ2v) is 2.09. The van der Waals surface area contributed by atoms with E-state index in [9.17, 15) is 0 Å². The van der Waals surface area contributed by atoms with Crippen molar-refractivity contribution in [2.75, 3.05) is 0 Å². The van der Waals surface area contributed by atoms with Crippen molar-refractivity contribution in [2.24, 2.45) is 17.9 Å². The van der Waals surface area contributed by atoms with Crippen LogP contribution in [0.3, 0.4) is 0 Å². The SMILES string of the molecule is Cn1ncc(C/C(N)=N/O)n1. The van der Waals surface area contributed by atoms with E-state index in [4.69, 9.17) is 10.9 Å². The van der Waals surface area contributed by atoms with Crippen molar-refractivity contribution < 1.29 is 5.21 Å². The second kappa shape index (κ2) is 3.00. The highest BCUT2D eigenvalue weighted by Gasteiger charge is 2.00. The van der Waals surface area contributed by atoms with Gasteiger partial charge in [0.1, 0.15) is 5.84 Å². The number of hydrogen-bond donors (Lipinski definition) is 2. The van der Waals surface area contributed by atoms with E-state index in [0.29, 0.717) is 12.1 Å². The Morgan fingerprint density at radius 2 is 2.64 bits per heavy atom. The van der Waals surface area contributed by atoms with E-state index in [2.05, 4.69) is 15.4 Å². The quantitative estimate of drug-likeness (QED) is 0.251. The van der Waals surface area contributed by atoms with Crippen LogP contribution < -0.4 is 5.73 Å². The Balaban J connectivity index is 2.65. The van der Waals surface area contributed by atoms with Gasteiger partial charge in [0.15, 0.2) is 0 Å². The molecule has 1 aromatic rings. The van der Waals surface area contributed by atoms with Crippen molar-refractivity contribution in [3.05, 3.63) is 11.9 Å². The molecule has 0 bridgehead atoms. The monoisotopic (exact) mass is 155 g/mol. The Morgan fingerprint density at radius 3 is 3.09 bits per heavy atom. The smallest absolute Gasteiger partial charge is 0.145 e. The molecule has 1 heterocycles. The van der Waals surface area contributed by atoms with Crippen molar-refractivity contribution in [1.82, 2.24) is 15.0 Å². The lowest BCUT2D eigenvalue weighted by atomic mass is 10.3. The highest BCUT2D eigenvalue weighted by atomic mass is 16.4. The van der Waals surface area contributed by atoms with E-state index in [0.717, 1.165) is 0 Å². The molecular formula is C5H9N5O. The van der Waals surface area contributed by atoms with Gasteiger partial charge in [0.05, 0.1) is 18.3 Å². The lowest BCUT2D eigenvalue weighted by Crippen LogP contribution is -2.15. The molecule has 0 aliphatic rings. The molecule has 0 fully saturated rings. The van der Waals surface area contributed by atoms with Crippen LogP contribution in [0.15, 0.2) is 11.4 Å². The van der Waals surface area contributed by atoms with E-state index < -0.39 is 0 Å². The summed E-state index contributed by atoms with van der Waals surface area (Å²) in [4.78, 5) is 1.42. The summed E-state index contributed by atoms with van der Waals surface area (Å²) in [6, 6.07) is 0. The molecule has 1 aromatic heterocycles. The van der Waals surface area contributed by atoms with E-state index >= 15 is 0 Å². The fourth-order valence-electron chi connectivity index (χ4n) is 0.690. The Bertz CT molecular complexity index is 266. The van der Waals surface area contributed by atoms with Gasteiger partial charge in [-0.1, -0.05) is 5.16 Å². The Labute approximate surface area is 63.3 Å². The number of hydrogen-bond acceptors (Lipinski definition) is 4. The fraction of sp³-hybridized carbons (Fsp3) is 0.400. The number of aryl methyl sites for hydroxylation is 1. The third-order valence-electron chi connectivity index (χ3n) is 1.14. The van der Waals surface area contributed by atoms with Crippen LogP contribution >= 0.6 is 0 Å². The van der Waals surface area contributed by atoms with Crippen molar-refractivity contribution in [3.63, 3.8) is 0 Å². The largest absolute Gasteiger partial charge is 0.409 e. The molecule has 6 nitrogen and oxygen atoms in total. The number of aromatic nitrogens is 3. The van der Waals surface area contributed by atoms with Gasteiger partial charge in [-0.05, 0) is 0 Å². The Morgan fingerprint density at radius 1 is 1.91 bits per heavy atom. The topological polar surface area (TPSA) is 89.3 Å². The third kappa shape index (κ3) is 1.92. The average Bonchev–Trinajstić information content (AvgIpc) is 2.35. The predicted molar refractivity (Wildman–Crippen MR) is 38.1 cm³/mol.